The number of rotatable bonds is 6. The average Bonchev–Trinajstić information content (AvgIpc) is 3.63. The molecule has 11 heteroatoms. The Morgan fingerprint density at radius 2 is 1.89 bits per heavy atom. The van der Waals surface area contributed by atoms with E-state index in [2.05, 4.69) is 12.1 Å². The average molecular weight is 626 g/mol. The maximum Gasteiger partial charge on any atom is 0.271 e. The molecule has 2 aromatic heterocycles. The van der Waals surface area contributed by atoms with Gasteiger partial charge >= 0.3 is 0 Å². The van der Waals surface area contributed by atoms with E-state index in [1.165, 1.54) is 29.0 Å². The van der Waals surface area contributed by atoms with Crippen LogP contribution in [0.1, 0.15) is 34.9 Å². The van der Waals surface area contributed by atoms with Crippen LogP contribution in [-0.4, -0.2) is 23.7 Å². The number of nitro benzene ring substituents is 1. The SMILES string of the molecule is COc1ccc(OC)c([C@@H]2C3=C(N=c4sc(=Cc5ccc(-c6ccc([N+](=O)[O-])cc6Cl)o5)c(=O)n42)c2ccccc2CC3)c1. The highest BCUT2D eigenvalue weighted by atomic mass is 35.5. The van der Waals surface area contributed by atoms with Crippen molar-refractivity contribution in [3.05, 3.63) is 136 Å². The number of non-ortho nitro benzene ring substituents is 1. The molecule has 44 heavy (non-hydrogen) atoms. The minimum absolute atomic E-state index is 0.112. The molecule has 220 valence electrons. The maximum absolute atomic E-state index is 14.2. The Morgan fingerprint density at radius 1 is 1.05 bits per heavy atom. The fourth-order valence-corrected chi connectivity index (χ4v) is 7.12. The first-order valence-corrected chi connectivity index (χ1v) is 14.9. The second-order valence-electron chi connectivity index (χ2n) is 10.3. The predicted molar refractivity (Wildman–Crippen MR) is 168 cm³/mol. The van der Waals surface area contributed by atoms with Gasteiger partial charge in [0.15, 0.2) is 4.80 Å². The minimum atomic E-state index is -0.506. The Labute approximate surface area is 259 Å². The van der Waals surface area contributed by atoms with Gasteiger partial charge in [0.05, 0.1) is 40.4 Å². The van der Waals surface area contributed by atoms with Crippen LogP contribution >= 0.6 is 22.9 Å². The van der Waals surface area contributed by atoms with Gasteiger partial charge in [-0.05, 0) is 60.4 Å². The summed E-state index contributed by atoms with van der Waals surface area (Å²) in [6.45, 7) is 0. The monoisotopic (exact) mass is 625 g/mol. The summed E-state index contributed by atoms with van der Waals surface area (Å²) >= 11 is 7.61. The largest absolute Gasteiger partial charge is 0.497 e. The van der Waals surface area contributed by atoms with Crippen LogP contribution < -0.4 is 24.4 Å². The lowest BCUT2D eigenvalue weighted by Crippen LogP contribution is -2.39. The number of nitrogens with zero attached hydrogens (tertiary/aromatic N) is 3. The van der Waals surface area contributed by atoms with Crippen LogP contribution in [0.5, 0.6) is 11.5 Å². The predicted octanol–water partition coefficient (Wildman–Crippen LogP) is 6.16. The van der Waals surface area contributed by atoms with Gasteiger partial charge in [0.25, 0.3) is 11.2 Å². The van der Waals surface area contributed by atoms with Crippen molar-refractivity contribution in [1.82, 2.24) is 4.57 Å². The van der Waals surface area contributed by atoms with Crippen molar-refractivity contribution in [2.24, 2.45) is 4.99 Å². The number of furan rings is 1. The molecule has 2 aliphatic rings. The summed E-state index contributed by atoms with van der Waals surface area (Å²) in [7, 11) is 3.23. The van der Waals surface area contributed by atoms with Crippen molar-refractivity contribution in [2.45, 2.75) is 18.9 Å². The van der Waals surface area contributed by atoms with E-state index in [0.717, 1.165) is 35.2 Å². The van der Waals surface area contributed by atoms with Crippen molar-refractivity contribution < 1.29 is 18.8 Å². The molecular weight excluding hydrogens is 602 g/mol. The third-order valence-corrected chi connectivity index (χ3v) is 9.23. The first-order valence-electron chi connectivity index (χ1n) is 13.8. The molecule has 0 N–H and O–H groups in total. The van der Waals surface area contributed by atoms with Crippen LogP contribution in [0.3, 0.4) is 0 Å². The summed E-state index contributed by atoms with van der Waals surface area (Å²) in [5.74, 6) is 2.17. The Bertz CT molecular complexity index is 2200. The molecule has 0 unspecified atom stereocenters. The van der Waals surface area contributed by atoms with Gasteiger partial charge in [-0.25, -0.2) is 4.99 Å². The fourth-order valence-electron chi connectivity index (χ4n) is 5.87. The van der Waals surface area contributed by atoms with E-state index < -0.39 is 11.0 Å². The highest BCUT2D eigenvalue weighted by molar-refractivity contribution is 7.07. The number of thiazole rings is 1. The van der Waals surface area contributed by atoms with E-state index in [-0.39, 0.29) is 16.3 Å². The number of benzene rings is 3. The van der Waals surface area contributed by atoms with Crippen LogP contribution in [0, 0.1) is 10.1 Å². The highest BCUT2D eigenvalue weighted by Gasteiger charge is 2.34. The zero-order chi connectivity index (χ0) is 30.5. The molecule has 0 saturated carbocycles. The second-order valence-corrected chi connectivity index (χ2v) is 11.8. The fraction of sp³-hybridized carbons (Fsp3) is 0.152. The molecule has 0 radical (unpaired) electrons. The van der Waals surface area contributed by atoms with E-state index in [9.17, 15) is 14.9 Å². The van der Waals surface area contributed by atoms with Gasteiger partial charge in [0, 0.05) is 34.9 Å². The summed E-state index contributed by atoms with van der Waals surface area (Å²) in [5, 5.41) is 11.3. The van der Waals surface area contributed by atoms with Crippen LogP contribution in [-0.2, 0) is 6.42 Å². The number of methoxy groups -OCH3 is 2. The molecule has 1 atom stereocenters. The number of aromatic nitrogens is 1. The van der Waals surface area contributed by atoms with E-state index >= 15 is 0 Å². The van der Waals surface area contributed by atoms with E-state index in [4.69, 9.17) is 30.5 Å². The van der Waals surface area contributed by atoms with Gasteiger partial charge in [-0.15, -0.1) is 0 Å². The zero-order valence-corrected chi connectivity index (χ0v) is 25.1. The molecule has 0 amide bonds. The molecule has 3 aromatic carbocycles. The molecule has 7 rings (SSSR count). The minimum Gasteiger partial charge on any atom is -0.497 e. The molecule has 0 spiro atoms. The Kier molecular flexibility index (Phi) is 6.95. The second kappa shape index (κ2) is 11.0. The van der Waals surface area contributed by atoms with E-state index in [0.29, 0.717) is 37.9 Å². The van der Waals surface area contributed by atoms with Gasteiger partial charge in [-0.1, -0.05) is 47.2 Å². The summed E-state index contributed by atoms with van der Waals surface area (Å²) in [5.41, 5.74) is 5.21. The van der Waals surface area contributed by atoms with Gasteiger partial charge in [0.2, 0.25) is 0 Å². The van der Waals surface area contributed by atoms with Crippen LogP contribution in [0.15, 0.2) is 92.6 Å². The Balaban J connectivity index is 1.40. The number of allylic oxidation sites excluding steroid dienone is 1. The topological polar surface area (TPSA) is 109 Å². The van der Waals surface area contributed by atoms with Gasteiger partial charge in [-0.3, -0.25) is 19.5 Å². The highest BCUT2D eigenvalue weighted by Crippen LogP contribution is 2.44. The van der Waals surface area contributed by atoms with E-state index in [1.54, 1.807) is 43.1 Å². The van der Waals surface area contributed by atoms with E-state index in [1.807, 2.05) is 30.3 Å². The number of aryl methyl sites for hydroxylation is 1. The number of ether oxygens (including phenoxy) is 2. The molecular formula is C33H24ClN3O6S. The number of nitro groups is 1. The number of hydrogen-bond acceptors (Lipinski definition) is 8. The summed E-state index contributed by atoms with van der Waals surface area (Å²) in [6, 6.07) is 21.0. The van der Waals surface area contributed by atoms with Crippen molar-refractivity contribution in [3.63, 3.8) is 0 Å². The molecule has 5 aromatic rings. The molecule has 0 bridgehead atoms. The van der Waals surface area contributed by atoms with Crippen LogP contribution in [0.4, 0.5) is 5.69 Å². The number of halogens is 1. The third-order valence-electron chi connectivity index (χ3n) is 7.93. The quantitative estimate of drug-likeness (QED) is 0.165. The normalized spacial score (nSPS) is 15.7. The van der Waals surface area contributed by atoms with Gasteiger partial charge < -0.3 is 13.9 Å². The molecule has 0 fully saturated rings. The number of fused-ring (bicyclic) bond motifs is 3. The molecule has 0 saturated heterocycles. The molecule has 1 aliphatic heterocycles. The van der Waals surface area contributed by atoms with Crippen molar-refractivity contribution in [3.8, 4) is 22.8 Å². The first kappa shape index (κ1) is 27.9. The first-order chi connectivity index (χ1) is 21.4. The summed E-state index contributed by atoms with van der Waals surface area (Å²) < 4.78 is 19.6. The molecule has 9 nitrogen and oxygen atoms in total. The lowest BCUT2D eigenvalue weighted by molar-refractivity contribution is -0.384. The Hall–Kier alpha value is -4.93. The third kappa shape index (κ3) is 4.63. The summed E-state index contributed by atoms with van der Waals surface area (Å²) in [4.78, 5) is 30.4. The zero-order valence-electron chi connectivity index (χ0n) is 23.6. The van der Waals surface area contributed by atoms with Crippen LogP contribution in [0.25, 0.3) is 23.1 Å². The Morgan fingerprint density at radius 3 is 2.66 bits per heavy atom. The van der Waals surface area contributed by atoms with Crippen molar-refractivity contribution in [2.75, 3.05) is 14.2 Å². The maximum atomic E-state index is 14.2. The summed E-state index contributed by atoms with van der Waals surface area (Å²) in [6.07, 6.45) is 3.25. The lowest BCUT2D eigenvalue weighted by Gasteiger charge is -2.31. The molecule has 1 aliphatic carbocycles. The smallest absolute Gasteiger partial charge is 0.271 e. The lowest BCUT2D eigenvalue weighted by atomic mass is 9.83. The molecule has 3 heterocycles. The standard InChI is InChI=1S/C33H24ClN3O6S/c1-41-20-9-13-27(42-2)25(16-20)31-24-11-7-18-5-3-4-6-22(18)30(24)35-33-36(31)32(38)29(44-33)17-21-10-14-28(43-21)23-12-8-19(37(39)40)15-26(23)34/h3-6,8-10,12-17,31H,7,11H2,1-2H3/t31-/m0/s1. The van der Waals surface area contributed by atoms with Crippen molar-refractivity contribution in [1.29, 1.82) is 0 Å². The van der Waals surface area contributed by atoms with Gasteiger partial charge in [0.1, 0.15) is 23.0 Å². The van der Waals surface area contributed by atoms with Gasteiger partial charge in [-0.2, -0.15) is 0 Å². The van der Waals surface area contributed by atoms with Crippen molar-refractivity contribution >= 4 is 40.4 Å². The van der Waals surface area contributed by atoms with Crippen LogP contribution in [0.2, 0.25) is 5.02 Å². The number of hydrogen-bond donors (Lipinski definition) is 0.